The molecule has 2 N–H and O–H groups in total. The highest BCUT2D eigenvalue weighted by atomic mass is 19.1. The molecule has 0 heterocycles. The van der Waals surface area contributed by atoms with Gasteiger partial charge in [0.25, 0.3) is 0 Å². The molecule has 0 aliphatic heterocycles. The highest BCUT2D eigenvalue weighted by Crippen LogP contribution is 2.36. The summed E-state index contributed by atoms with van der Waals surface area (Å²) in [5.74, 6) is -0.447. The van der Waals surface area contributed by atoms with Gasteiger partial charge in [-0.25, -0.2) is 9.18 Å². The van der Waals surface area contributed by atoms with Crippen molar-refractivity contribution in [3.63, 3.8) is 0 Å². The highest BCUT2D eigenvalue weighted by Gasteiger charge is 2.28. The molecule has 1 fully saturated rings. The SMILES string of the molecule is CC(CNc1c(F)cccc1C(=O)O)C1CC1. The second-order valence-electron chi connectivity index (χ2n) is 4.66. The van der Waals surface area contributed by atoms with Gasteiger partial charge in [-0.05, 0) is 36.8 Å². The van der Waals surface area contributed by atoms with E-state index in [4.69, 9.17) is 5.11 Å². The Balaban J connectivity index is 2.10. The number of para-hydroxylation sites is 1. The molecule has 17 heavy (non-hydrogen) atoms. The van der Waals surface area contributed by atoms with Crippen molar-refractivity contribution in [2.24, 2.45) is 11.8 Å². The summed E-state index contributed by atoms with van der Waals surface area (Å²) in [6.07, 6.45) is 2.46. The van der Waals surface area contributed by atoms with Gasteiger partial charge in [-0.3, -0.25) is 0 Å². The quantitative estimate of drug-likeness (QED) is 0.827. The van der Waals surface area contributed by atoms with Crippen molar-refractivity contribution in [3.8, 4) is 0 Å². The van der Waals surface area contributed by atoms with Crippen LogP contribution in [-0.4, -0.2) is 17.6 Å². The van der Waals surface area contributed by atoms with Gasteiger partial charge in [0, 0.05) is 6.54 Å². The van der Waals surface area contributed by atoms with Crippen molar-refractivity contribution in [2.75, 3.05) is 11.9 Å². The number of carboxylic acid groups (broad SMARTS) is 1. The predicted octanol–water partition coefficient (Wildman–Crippen LogP) is 2.98. The van der Waals surface area contributed by atoms with Crippen molar-refractivity contribution in [1.82, 2.24) is 0 Å². The Morgan fingerprint density at radius 2 is 2.29 bits per heavy atom. The van der Waals surface area contributed by atoms with Gasteiger partial charge < -0.3 is 10.4 Å². The van der Waals surface area contributed by atoms with Gasteiger partial charge in [-0.1, -0.05) is 13.0 Å². The van der Waals surface area contributed by atoms with Crippen LogP contribution in [0.4, 0.5) is 10.1 Å². The fourth-order valence-corrected chi connectivity index (χ4v) is 1.98. The van der Waals surface area contributed by atoms with E-state index in [1.165, 1.54) is 31.0 Å². The molecule has 0 radical (unpaired) electrons. The van der Waals surface area contributed by atoms with Crippen LogP contribution in [0.1, 0.15) is 30.1 Å². The first kappa shape index (κ1) is 11.9. The number of benzene rings is 1. The molecule has 2 rings (SSSR count). The first-order valence-electron chi connectivity index (χ1n) is 5.85. The standard InChI is InChI=1S/C13H16FNO2/c1-8(9-5-6-9)7-15-12-10(13(16)17)3-2-4-11(12)14/h2-4,8-9,15H,5-7H2,1H3,(H,16,17). The van der Waals surface area contributed by atoms with Gasteiger partial charge >= 0.3 is 5.97 Å². The average molecular weight is 237 g/mol. The first-order valence-corrected chi connectivity index (χ1v) is 5.85. The van der Waals surface area contributed by atoms with E-state index in [0.717, 1.165) is 0 Å². The second kappa shape index (κ2) is 4.73. The largest absolute Gasteiger partial charge is 0.478 e. The van der Waals surface area contributed by atoms with E-state index in [9.17, 15) is 9.18 Å². The zero-order chi connectivity index (χ0) is 12.4. The van der Waals surface area contributed by atoms with Crippen molar-refractivity contribution >= 4 is 11.7 Å². The normalized spacial score (nSPS) is 16.6. The monoisotopic (exact) mass is 237 g/mol. The summed E-state index contributed by atoms with van der Waals surface area (Å²) in [5.41, 5.74) is 0.0977. The van der Waals surface area contributed by atoms with E-state index in [0.29, 0.717) is 18.4 Å². The van der Waals surface area contributed by atoms with E-state index in [-0.39, 0.29) is 11.3 Å². The summed E-state index contributed by atoms with van der Waals surface area (Å²) in [6.45, 7) is 2.72. The van der Waals surface area contributed by atoms with Gasteiger partial charge in [-0.15, -0.1) is 0 Å². The summed E-state index contributed by atoms with van der Waals surface area (Å²) < 4.78 is 13.6. The molecule has 0 bridgehead atoms. The number of hydrogen-bond acceptors (Lipinski definition) is 2. The Morgan fingerprint density at radius 1 is 1.59 bits per heavy atom. The Labute approximate surface area is 99.7 Å². The Bertz CT molecular complexity index is 429. The number of aromatic carboxylic acids is 1. The lowest BCUT2D eigenvalue weighted by atomic mass is 10.1. The van der Waals surface area contributed by atoms with Crippen molar-refractivity contribution in [1.29, 1.82) is 0 Å². The zero-order valence-electron chi connectivity index (χ0n) is 9.74. The third-order valence-electron chi connectivity index (χ3n) is 3.27. The fraction of sp³-hybridized carbons (Fsp3) is 0.462. The minimum Gasteiger partial charge on any atom is -0.478 e. The number of nitrogens with one attached hydrogen (secondary N) is 1. The molecule has 0 spiro atoms. The van der Waals surface area contributed by atoms with Crippen LogP contribution in [0.5, 0.6) is 0 Å². The number of anilines is 1. The Kier molecular flexibility index (Phi) is 3.31. The summed E-state index contributed by atoms with van der Waals surface area (Å²) in [7, 11) is 0. The van der Waals surface area contributed by atoms with Crippen molar-refractivity contribution < 1.29 is 14.3 Å². The van der Waals surface area contributed by atoms with E-state index < -0.39 is 11.8 Å². The molecular formula is C13H16FNO2. The third kappa shape index (κ3) is 2.75. The van der Waals surface area contributed by atoms with Gasteiger partial charge in [0.15, 0.2) is 0 Å². The minimum absolute atomic E-state index is 0.00648. The highest BCUT2D eigenvalue weighted by molar-refractivity contribution is 5.94. The van der Waals surface area contributed by atoms with Crippen LogP contribution >= 0.6 is 0 Å². The molecule has 1 atom stereocenters. The number of halogens is 1. The van der Waals surface area contributed by atoms with Crippen LogP contribution in [0.15, 0.2) is 18.2 Å². The molecule has 0 aromatic heterocycles. The summed E-state index contributed by atoms with van der Waals surface area (Å²) in [5, 5.41) is 11.9. The summed E-state index contributed by atoms with van der Waals surface area (Å²) >= 11 is 0. The molecular weight excluding hydrogens is 221 g/mol. The van der Waals surface area contributed by atoms with Crippen molar-refractivity contribution in [2.45, 2.75) is 19.8 Å². The number of carboxylic acids is 1. The lowest BCUT2D eigenvalue weighted by Crippen LogP contribution is -2.16. The van der Waals surface area contributed by atoms with E-state index in [2.05, 4.69) is 12.2 Å². The fourth-order valence-electron chi connectivity index (χ4n) is 1.98. The lowest BCUT2D eigenvalue weighted by Gasteiger charge is -2.14. The smallest absolute Gasteiger partial charge is 0.337 e. The second-order valence-corrected chi connectivity index (χ2v) is 4.66. The molecule has 92 valence electrons. The number of carbonyl (C=O) groups is 1. The molecule has 1 aromatic rings. The zero-order valence-corrected chi connectivity index (χ0v) is 9.74. The Morgan fingerprint density at radius 3 is 2.88 bits per heavy atom. The predicted molar refractivity (Wildman–Crippen MR) is 63.7 cm³/mol. The Hall–Kier alpha value is -1.58. The van der Waals surface area contributed by atoms with E-state index in [1.807, 2.05) is 0 Å². The maximum Gasteiger partial charge on any atom is 0.337 e. The molecule has 1 saturated carbocycles. The topological polar surface area (TPSA) is 49.3 Å². The molecule has 1 aromatic carbocycles. The molecule has 1 unspecified atom stereocenters. The van der Waals surface area contributed by atoms with Gasteiger partial charge in [0.2, 0.25) is 0 Å². The molecule has 0 amide bonds. The van der Waals surface area contributed by atoms with Crippen LogP contribution in [0.2, 0.25) is 0 Å². The molecule has 3 nitrogen and oxygen atoms in total. The molecule has 1 aliphatic rings. The first-order chi connectivity index (χ1) is 8.09. The van der Waals surface area contributed by atoms with Crippen LogP contribution in [0.25, 0.3) is 0 Å². The van der Waals surface area contributed by atoms with Crippen LogP contribution in [-0.2, 0) is 0 Å². The number of hydrogen-bond donors (Lipinski definition) is 2. The third-order valence-corrected chi connectivity index (χ3v) is 3.27. The van der Waals surface area contributed by atoms with Gasteiger partial charge in [0.1, 0.15) is 5.82 Å². The maximum absolute atomic E-state index is 13.6. The molecule has 1 aliphatic carbocycles. The summed E-state index contributed by atoms with van der Waals surface area (Å²) in [6, 6.07) is 4.10. The average Bonchev–Trinajstić information content (AvgIpc) is 3.10. The molecule has 0 saturated heterocycles. The minimum atomic E-state index is -1.11. The van der Waals surface area contributed by atoms with Crippen molar-refractivity contribution in [3.05, 3.63) is 29.6 Å². The van der Waals surface area contributed by atoms with Crippen LogP contribution in [0.3, 0.4) is 0 Å². The van der Waals surface area contributed by atoms with Gasteiger partial charge in [0.05, 0.1) is 11.3 Å². The maximum atomic E-state index is 13.6. The molecule has 4 heteroatoms. The van der Waals surface area contributed by atoms with Gasteiger partial charge in [-0.2, -0.15) is 0 Å². The summed E-state index contributed by atoms with van der Waals surface area (Å²) in [4.78, 5) is 11.0. The number of rotatable bonds is 5. The van der Waals surface area contributed by atoms with Crippen LogP contribution < -0.4 is 5.32 Å². The van der Waals surface area contributed by atoms with Crippen LogP contribution in [0, 0.1) is 17.7 Å². The van der Waals surface area contributed by atoms with E-state index in [1.54, 1.807) is 0 Å². The van der Waals surface area contributed by atoms with E-state index >= 15 is 0 Å². The lowest BCUT2D eigenvalue weighted by molar-refractivity contribution is 0.0697.